The van der Waals surface area contributed by atoms with Gasteiger partial charge in [0.1, 0.15) is 5.75 Å². The van der Waals surface area contributed by atoms with Crippen molar-refractivity contribution >= 4 is 40.5 Å². The standard InChI is InChI=1S/C22H15Cl3N2O/c23-15-6-4-13(5-7-15)19-12-20-18-11-17(25)8-9-21(18)28-22(27(20)26-19)14-2-1-3-16(24)10-14/h1-11,20,22H,12H2/t20-,22+/m0/s1. The van der Waals surface area contributed by atoms with Crippen LogP contribution in [-0.4, -0.2) is 10.7 Å². The fourth-order valence-corrected chi connectivity index (χ4v) is 4.26. The summed E-state index contributed by atoms with van der Waals surface area (Å²) in [6, 6.07) is 21.2. The van der Waals surface area contributed by atoms with Gasteiger partial charge in [-0.15, -0.1) is 0 Å². The van der Waals surface area contributed by atoms with Crippen LogP contribution in [0.15, 0.2) is 71.8 Å². The number of rotatable bonds is 2. The zero-order chi connectivity index (χ0) is 19.3. The smallest absolute Gasteiger partial charge is 0.213 e. The summed E-state index contributed by atoms with van der Waals surface area (Å²) >= 11 is 18.5. The maximum atomic E-state index is 6.33. The van der Waals surface area contributed by atoms with Gasteiger partial charge in [-0.2, -0.15) is 5.10 Å². The number of benzene rings is 3. The van der Waals surface area contributed by atoms with Crippen LogP contribution < -0.4 is 4.74 Å². The lowest BCUT2D eigenvalue weighted by atomic mass is 9.96. The first-order valence-electron chi connectivity index (χ1n) is 8.92. The molecule has 28 heavy (non-hydrogen) atoms. The summed E-state index contributed by atoms with van der Waals surface area (Å²) in [7, 11) is 0. The van der Waals surface area contributed by atoms with Crippen LogP contribution in [0.4, 0.5) is 0 Å². The number of ether oxygens (including phenoxy) is 1. The Morgan fingerprint density at radius 1 is 0.857 bits per heavy atom. The van der Waals surface area contributed by atoms with Crippen LogP contribution in [0.3, 0.4) is 0 Å². The van der Waals surface area contributed by atoms with Crippen LogP contribution in [0.25, 0.3) is 0 Å². The summed E-state index contributed by atoms with van der Waals surface area (Å²) in [6.07, 6.45) is 0.400. The second-order valence-electron chi connectivity index (χ2n) is 6.86. The van der Waals surface area contributed by atoms with Crippen molar-refractivity contribution in [3.8, 4) is 5.75 Å². The Hall–Kier alpha value is -2.20. The molecular weight excluding hydrogens is 415 g/mol. The first-order chi connectivity index (χ1) is 13.6. The van der Waals surface area contributed by atoms with Gasteiger partial charge in [0.05, 0.1) is 11.8 Å². The zero-order valence-electron chi connectivity index (χ0n) is 14.6. The van der Waals surface area contributed by atoms with Crippen molar-refractivity contribution in [2.24, 2.45) is 5.10 Å². The molecule has 3 aromatic rings. The highest BCUT2D eigenvalue weighted by Crippen LogP contribution is 2.48. The lowest BCUT2D eigenvalue weighted by molar-refractivity contribution is -0.0190. The Balaban J connectivity index is 1.61. The van der Waals surface area contributed by atoms with Crippen molar-refractivity contribution in [3.63, 3.8) is 0 Å². The molecule has 0 spiro atoms. The van der Waals surface area contributed by atoms with Gasteiger partial charge in [0.2, 0.25) is 6.23 Å². The van der Waals surface area contributed by atoms with E-state index in [-0.39, 0.29) is 12.3 Å². The average molecular weight is 430 g/mol. The lowest BCUT2D eigenvalue weighted by Gasteiger charge is -2.38. The minimum Gasteiger partial charge on any atom is -0.464 e. The van der Waals surface area contributed by atoms with Crippen molar-refractivity contribution < 1.29 is 4.74 Å². The maximum Gasteiger partial charge on any atom is 0.213 e. The predicted molar refractivity (Wildman–Crippen MR) is 113 cm³/mol. The summed E-state index contributed by atoms with van der Waals surface area (Å²) < 4.78 is 6.33. The van der Waals surface area contributed by atoms with E-state index in [1.54, 1.807) is 0 Å². The van der Waals surface area contributed by atoms with E-state index in [9.17, 15) is 0 Å². The van der Waals surface area contributed by atoms with Crippen molar-refractivity contribution in [1.82, 2.24) is 5.01 Å². The van der Waals surface area contributed by atoms with E-state index in [4.69, 9.17) is 44.6 Å². The molecule has 3 aromatic carbocycles. The van der Waals surface area contributed by atoms with Gasteiger partial charge in [-0.05, 0) is 48.0 Å². The van der Waals surface area contributed by atoms with Crippen LogP contribution in [0.1, 0.15) is 35.4 Å². The zero-order valence-corrected chi connectivity index (χ0v) is 16.9. The van der Waals surface area contributed by atoms with Crippen LogP contribution in [0, 0.1) is 0 Å². The summed E-state index contributed by atoms with van der Waals surface area (Å²) in [4.78, 5) is 0. The van der Waals surface area contributed by atoms with Crippen molar-refractivity contribution in [1.29, 1.82) is 0 Å². The molecule has 2 aliphatic rings. The van der Waals surface area contributed by atoms with E-state index < -0.39 is 0 Å². The Labute approximate surface area is 178 Å². The molecule has 3 nitrogen and oxygen atoms in total. The van der Waals surface area contributed by atoms with E-state index in [1.807, 2.05) is 71.7 Å². The number of hydrogen-bond donors (Lipinski definition) is 0. The van der Waals surface area contributed by atoms with Gasteiger partial charge >= 0.3 is 0 Å². The molecule has 0 saturated carbocycles. The molecule has 6 heteroatoms. The summed E-state index contributed by atoms with van der Waals surface area (Å²) in [5, 5.41) is 8.99. The van der Waals surface area contributed by atoms with Crippen LogP contribution >= 0.6 is 34.8 Å². The number of nitrogens with zero attached hydrogens (tertiary/aromatic N) is 2. The van der Waals surface area contributed by atoms with Crippen molar-refractivity contribution in [2.45, 2.75) is 18.7 Å². The van der Waals surface area contributed by atoms with E-state index in [1.165, 1.54) is 0 Å². The molecule has 2 aliphatic heterocycles. The van der Waals surface area contributed by atoms with Gasteiger partial charge < -0.3 is 4.74 Å². The van der Waals surface area contributed by atoms with E-state index >= 15 is 0 Å². The molecule has 0 aliphatic carbocycles. The molecule has 0 fully saturated rings. The third-order valence-corrected chi connectivity index (χ3v) is 5.79. The van der Waals surface area contributed by atoms with Gasteiger partial charge in [0.15, 0.2) is 0 Å². The summed E-state index contributed by atoms with van der Waals surface area (Å²) in [5.41, 5.74) is 4.04. The average Bonchev–Trinajstić information content (AvgIpc) is 3.14. The lowest BCUT2D eigenvalue weighted by Crippen LogP contribution is -2.33. The molecule has 0 unspecified atom stereocenters. The fraction of sp³-hybridized carbons (Fsp3) is 0.136. The Morgan fingerprint density at radius 2 is 1.61 bits per heavy atom. The highest BCUT2D eigenvalue weighted by molar-refractivity contribution is 6.31. The van der Waals surface area contributed by atoms with Crippen LogP contribution in [0.5, 0.6) is 5.75 Å². The molecule has 140 valence electrons. The van der Waals surface area contributed by atoms with Crippen LogP contribution in [-0.2, 0) is 0 Å². The highest BCUT2D eigenvalue weighted by Gasteiger charge is 2.41. The minimum absolute atomic E-state index is 0.0390. The molecule has 5 rings (SSSR count). The van der Waals surface area contributed by atoms with Gasteiger partial charge in [-0.25, -0.2) is 5.01 Å². The number of hydrogen-bond acceptors (Lipinski definition) is 3. The highest BCUT2D eigenvalue weighted by atomic mass is 35.5. The second kappa shape index (κ2) is 7.00. The molecule has 2 atom stereocenters. The fourth-order valence-electron chi connectivity index (χ4n) is 3.76. The van der Waals surface area contributed by atoms with E-state index in [0.29, 0.717) is 15.1 Å². The van der Waals surface area contributed by atoms with Gasteiger partial charge in [0.25, 0.3) is 0 Å². The first-order valence-corrected chi connectivity index (χ1v) is 10.1. The molecule has 0 amide bonds. The Kier molecular flexibility index (Phi) is 4.47. The third-order valence-electron chi connectivity index (χ3n) is 5.06. The molecule has 0 N–H and O–H groups in total. The van der Waals surface area contributed by atoms with Crippen molar-refractivity contribution in [2.75, 3.05) is 0 Å². The maximum absolute atomic E-state index is 6.33. The molecule has 0 bridgehead atoms. The predicted octanol–water partition coefficient (Wildman–Crippen LogP) is 6.89. The topological polar surface area (TPSA) is 24.8 Å². The SMILES string of the molecule is Clc1ccc(C2=NN3[C@@H](c4cccc(Cl)c4)Oc4ccc(Cl)cc4[C@@H]3C2)cc1. The minimum atomic E-state index is -0.359. The van der Waals surface area contributed by atoms with Crippen molar-refractivity contribution in [3.05, 3.63) is 98.5 Å². The number of hydrazone groups is 1. The molecule has 0 aromatic heterocycles. The van der Waals surface area contributed by atoms with Gasteiger partial charge in [0, 0.05) is 32.6 Å². The molecule has 0 saturated heterocycles. The third kappa shape index (κ3) is 3.14. The van der Waals surface area contributed by atoms with Gasteiger partial charge in [-0.3, -0.25) is 0 Å². The second-order valence-corrected chi connectivity index (χ2v) is 8.17. The summed E-state index contributed by atoms with van der Waals surface area (Å²) in [6.45, 7) is 0. The quantitative estimate of drug-likeness (QED) is 0.443. The summed E-state index contributed by atoms with van der Waals surface area (Å²) in [5.74, 6) is 0.822. The normalized spacial score (nSPS) is 20.2. The Morgan fingerprint density at radius 3 is 2.39 bits per heavy atom. The number of fused-ring (bicyclic) bond motifs is 3. The van der Waals surface area contributed by atoms with Gasteiger partial charge in [-0.1, -0.05) is 59.1 Å². The molecule has 2 heterocycles. The van der Waals surface area contributed by atoms with Crippen LogP contribution in [0.2, 0.25) is 15.1 Å². The first kappa shape index (κ1) is 17.9. The monoisotopic (exact) mass is 428 g/mol. The number of halogens is 3. The molecule has 0 radical (unpaired) electrons. The Bertz CT molecular complexity index is 1080. The molecular formula is C22H15Cl3N2O. The van der Waals surface area contributed by atoms with E-state index in [0.717, 1.165) is 34.6 Å². The largest absolute Gasteiger partial charge is 0.464 e. The van der Waals surface area contributed by atoms with E-state index in [2.05, 4.69) is 0 Å².